The van der Waals surface area contributed by atoms with E-state index in [-0.39, 0.29) is 42.4 Å². The molecule has 0 unspecified atom stereocenters. The first-order valence-electron chi connectivity index (χ1n) is 13.2. The fourth-order valence-electron chi connectivity index (χ4n) is 4.84. The van der Waals surface area contributed by atoms with Crippen molar-refractivity contribution in [2.45, 2.75) is 58.8 Å². The van der Waals surface area contributed by atoms with Crippen LogP contribution in [0.4, 0.5) is 22.8 Å². The zero-order chi connectivity index (χ0) is 29.0. The molecule has 12 heteroatoms. The quantitative estimate of drug-likeness (QED) is 0.517. The Morgan fingerprint density at radius 2 is 1.77 bits per heavy atom. The summed E-state index contributed by atoms with van der Waals surface area (Å²) in [6, 6.07) is 2.80. The highest BCUT2D eigenvalue weighted by atomic mass is 19.4. The summed E-state index contributed by atoms with van der Waals surface area (Å²) in [5.74, 6) is -0.783. The molecule has 1 aromatic carbocycles. The van der Waals surface area contributed by atoms with Crippen molar-refractivity contribution in [1.82, 2.24) is 25.3 Å². The summed E-state index contributed by atoms with van der Waals surface area (Å²) >= 11 is 0. The van der Waals surface area contributed by atoms with Gasteiger partial charge in [-0.3, -0.25) is 9.80 Å². The molecule has 1 atom stereocenters. The van der Waals surface area contributed by atoms with Crippen LogP contribution in [0.3, 0.4) is 0 Å². The zero-order valence-electron chi connectivity index (χ0n) is 23.2. The minimum absolute atomic E-state index is 0.0187. The Kier molecular flexibility index (Phi) is 9.52. The third kappa shape index (κ3) is 7.43. The van der Waals surface area contributed by atoms with Crippen molar-refractivity contribution in [2.75, 3.05) is 45.9 Å². The van der Waals surface area contributed by atoms with Crippen LogP contribution in [-0.4, -0.2) is 84.1 Å². The monoisotopic (exact) mass is 553 g/mol. The van der Waals surface area contributed by atoms with Crippen molar-refractivity contribution in [3.05, 3.63) is 46.7 Å². The van der Waals surface area contributed by atoms with Crippen molar-refractivity contribution < 1.29 is 32.3 Å². The summed E-state index contributed by atoms with van der Waals surface area (Å²) in [6.45, 7) is 11.4. The van der Waals surface area contributed by atoms with Crippen molar-refractivity contribution in [3.63, 3.8) is 0 Å². The van der Waals surface area contributed by atoms with Crippen LogP contribution in [0.5, 0.6) is 0 Å². The Balaban J connectivity index is 2.01. The standard InChI is InChI=1S/C27H38F3N5O4/c1-6-35-20(17-33-13-10-14-34(16-15-33)25(38)32-26(3,4)5)21(23(36)39-7-2)22(31-24(35)37)18-11-8-9-12-19(18)27(28,29)30/h8-9,11-12,22H,6-7,10,13-17H2,1-5H3,(H,31,37)(H,32,38)/t22-/m0/s1. The smallest absolute Gasteiger partial charge is 0.416 e. The lowest BCUT2D eigenvalue weighted by atomic mass is 9.90. The summed E-state index contributed by atoms with van der Waals surface area (Å²) < 4.78 is 47.1. The van der Waals surface area contributed by atoms with Crippen LogP contribution in [0.15, 0.2) is 35.5 Å². The lowest BCUT2D eigenvalue weighted by Gasteiger charge is -2.38. The van der Waals surface area contributed by atoms with Gasteiger partial charge < -0.3 is 20.3 Å². The topological polar surface area (TPSA) is 94.2 Å². The molecule has 0 aliphatic carbocycles. The van der Waals surface area contributed by atoms with Gasteiger partial charge in [0.2, 0.25) is 0 Å². The molecule has 0 saturated carbocycles. The Hall–Kier alpha value is -3.28. The molecular weight excluding hydrogens is 515 g/mol. The predicted octanol–water partition coefficient (Wildman–Crippen LogP) is 4.12. The number of amides is 4. The SMILES string of the molecule is CCOC(=O)C1=C(CN2CCCN(C(=O)NC(C)(C)C)CC2)N(CC)C(=O)N[C@H]1c1ccccc1C(F)(F)F. The predicted molar refractivity (Wildman–Crippen MR) is 140 cm³/mol. The zero-order valence-corrected chi connectivity index (χ0v) is 23.2. The maximum atomic E-state index is 13.9. The van der Waals surface area contributed by atoms with E-state index in [0.717, 1.165) is 6.07 Å². The number of carbonyl (C=O) groups is 3. The molecule has 9 nitrogen and oxygen atoms in total. The number of rotatable bonds is 6. The summed E-state index contributed by atoms with van der Waals surface area (Å²) in [7, 11) is 0. The van der Waals surface area contributed by atoms with Crippen molar-refractivity contribution in [2.24, 2.45) is 0 Å². The van der Waals surface area contributed by atoms with E-state index in [1.807, 2.05) is 25.7 Å². The fourth-order valence-corrected chi connectivity index (χ4v) is 4.84. The average molecular weight is 554 g/mol. The molecule has 1 aromatic rings. The molecule has 0 aromatic heterocycles. The molecule has 0 bridgehead atoms. The van der Waals surface area contributed by atoms with Gasteiger partial charge >= 0.3 is 24.2 Å². The minimum Gasteiger partial charge on any atom is -0.463 e. The van der Waals surface area contributed by atoms with Gasteiger partial charge in [-0.2, -0.15) is 13.2 Å². The normalized spacial score (nSPS) is 19.5. The number of esters is 1. The van der Waals surface area contributed by atoms with Gasteiger partial charge in [0.15, 0.2) is 0 Å². The number of carbonyl (C=O) groups excluding carboxylic acids is 3. The maximum absolute atomic E-state index is 13.9. The maximum Gasteiger partial charge on any atom is 0.416 e. The number of hydrogen-bond donors (Lipinski definition) is 2. The molecule has 3 rings (SSSR count). The first-order valence-corrected chi connectivity index (χ1v) is 13.2. The number of hydrogen-bond acceptors (Lipinski definition) is 5. The number of alkyl halides is 3. The Bertz CT molecular complexity index is 1100. The lowest BCUT2D eigenvalue weighted by Crippen LogP contribution is -2.51. The van der Waals surface area contributed by atoms with Crippen LogP contribution in [0.2, 0.25) is 0 Å². The fraction of sp³-hybridized carbons (Fsp3) is 0.593. The minimum atomic E-state index is -4.69. The molecule has 39 heavy (non-hydrogen) atoms. The highest BCUT2D eigenvalue weighted by molar-refractivity contribution is 5.95. The van der Waals surface area contributed by atoms with Gasteiger partial charge in [0, 0.05) is 50.5 Å². The molecule has 2 aliphatic heterocycles. The molecule has 2 heterocycles. The second-order valence-corrected chi connectivity index (χ2v) is 10.6. The third-order valence-corrected chi connectivity index (χ3v) is 6.56. The van der Waals surface area contributed by atoms with Crippen molar-refractivity contribution in [3.8, 4) is 0 Å². The van der Waals surface area contributed by atoms with E-state index in [1.54, 1.807) is 18.7 Å². The number of nitrogens with zero attached hydrogens (tertiary/aromatic N) is 3. The Labute approximate surface area is 227 Å². The van der Waals surface area contributed by atoms with Crippen LogP contribution < -0.4 is 10.6 Å². The Morgan fingerprint density at radius 1 is 1.08 bits per heavy atom. The third-order valence-electron chi connectivity index (χ3n) is 6.56. The summed E-state index contributed by atoms with van der Waals surface area (Å²) in [4.78, 5) is 44.2. The second-order valence-electron chi connectivity index (χ2n) is 10.6. The van der Waals surface area contributed by atoms with E-state index in [0.29, 0.717) is 38.3 Å². The van der Waals surface area contributed by atoms with Gasteiger partial charge in [0.1, 0.15) is 0 Å². The molecule has 0 radical (unpaired) electrons. The van der Waals surface area contributed by atoms with E-state index in [9.17, 15) is 27.6 Å². The molecule has 2 N–H and O–H groups in total. The highest BCUT2D eigenvalue weighted by Crippen LogP contribution is 2.39. The van der Waals surface area contributed by atoms with Crippen LogP contribution in [0, 0.1) is 0 Å². The van der Waals surface area contributed by atoms with Crippen molar-refractivity contribution >= 4 is 18.0 Å². The second kappa shape index (κ2) is 12.3. The van der Waals surface area contributed by atoms with E-state index in [1.165, 1.54) is 23.1 Å². The number of benzene rings is 1. The first-order chi connectivity index (χ1) is 18.3. The lowest BCUT2D eigenvalue weighted by molar-refractivity contribution is -0.141. The van der Waals surface area contributed by atoms with E-state index in [4.69, 9.17) is 4.74 Å². The number of halogens is 3. The molecule has 1 saturated heterocycles. The van der Waals surface area contributed by atoms with E-state index < -0.39 is 29.8 Å². The van der Waals surface area contributed by atoms with Gasteiger partial charge in [0.05, 0.1) is 23.8 Å². The van der Waals surface area contributed by atoms with Gasteiger partial charge in [-0.05, 0) is 52.7 Å². The number of nitrogens with one attached hydrogen (secondary N) is 2. The van der Waals surface area contributed by atoms with Gasteiger partial charge in [-0.25, -0.2) is 14.4 Å². The molecular formula is C27H38F3N5O4. The molecule has 0 spiro atoms. The molecule has 2 aliphatic rings. The number of urea groups is 2. The largest absolute Gasteiger partial charge is 0.463 e. The highest BCUT2D eigenvalue weighted by Gasteiger charge is 2.42. The summed E-state index contributed by atoms with van der Waals surface area (Å²) in [5.41, 5.74) is -1.27. The van der Waals surface area contributed by atoms with Crippen LogP contribution >= 0.6 is 0 Å². The van der Waals surface area contributed by atoms with Crippen LogP contribution in [0.25, 0.3) is 0 Å². The number of likely N-dealkylation sites (N-methyl/N-ethyl adjacent to an activating group) is 1. The van der Waals surface area contributed by atoms with Crippen LogP contribution in [0.1, 0.15) is 58.2 Å². The van der Waals surface area contributed by atoms with Gasteiger partial charge in [-0.1, -0.05) is 18.2 Å². The molecule has 1 fully saturated rings. The number of ether oxygens (including phenoxy) is 1. The van der Waals surface area contributed by atoms with Gasteiger partial charge in [-0.15, -0.1) is 0 Å². The van der Waals surface area contributed by atoms with Crippen LogP contribution in [-0.2, 0) is 15.7 Å². The van der Waals surface area contributed by atoms with Gasteiger partial charge in [0.25, 0.3) is 0 Å². The summed E-state index contributed by atoms with van der Waals surface area (Å²) in [6.07, 6.45) is -4.04. The van der Waals surface area contributed by atoms with E-state index >= 15 is 0 Å². The molecule has 216 valence electrons. The Morgan fingerprint density at radius 3 is 2.38 bits per heavy atom. The average Bonchev–Trinajstić information content (AvgIpc) is 3.08. The van der Waals surface area contributed by atoms with E-state index in [2.05, 4.69) is 10.6 Å². The summed E-state index contributed by atoms with van der Waals surface area (Å²) in [5, 5.41) is 5.56. The van der Waals surface area contributed by atoms with Crippen molar-refractivity contribution in [1.29, 1.82) is 0 Å². The molecule has 4 amide bonds. The first kappa shape index (κ1) is 30.3.